The van der Waals surface area contributed by atoms with Gasteiger partial charge in [0.05, 0.1) is 43.1 Å². The number of rotatable bonds is 8. The minimum absolute atomic E-state index is 0.256. The zero-order valence-corrected chi connectivity index (χ0v) is 20.2. The van der Waals surface area contributed by atoms with Crippen molar-refractivity contribution in [3.8, 4) is 28.4 Å². The number of carbonyl (C=O) groups excluding carboxylic acids is 1. The van der Waals surface area contributed by atoms with Crippen molar-refractivity contribution in [1.29, 1.82) is 0 Å². The first-order valence-corrected chi connectivity index (χ1v) is 12.4. The fourth-order valence-corrected chi connectivity index (χ4v) is 4.10. The highest BCUT2D eigenvalue weighted by molar-refractivity contribution is 7.92. The highest BCUT2D eigenvalue weighted by Crippen LogP contribution is 2.34. The normalized spacial score (nSPS) is 11.1. The minimum atomic E-state index is -3.54. The topological polar surface area (TPSA) is 112 Å². The van der Waals surface area contributed by atoms with E-state index in [0.717, 1.165) is 11.9 Å². The summed E-state index contributed by atoms with van der Waals surface area (Å²) in [6, 6.07) is 21.2. The third-order valence-corrected chi connectivity index (χ3v) is 5.70. The molecule has 10 heteroatoms. The van der Waals surface area contributed by atoms with Crippen LogP contribution in [-0.2, 0) is 10.0 Å². The molecule has 0 saturated heterocycles. The Morgan fingerprint density at radius 2 is 1.54 bits per heavy atom. The molecule has 0 atom stereocenters. The number of nitrogens with one attached hydrogen (secondary N) is 2. The smallest absolute Gasteiger partial charge is 0.259 e. The van der Waals surface area contributed by atoms with Crippen molar-refractivity contribution in [3.05, 3.63) is 84.6 Å². The number of aromatic nitrogens is 2. The van der Waals surface area contributed by atoms with E-state index in [9.17, 15) is 13.2 Å². The van der Waals surface area contributed by atoms with Crippen molar-refractivity contribution >= 4 is 27.3 Å². The summed E-state index contributed by atoms with van der Waals surface area (Å²) in [5.74, 6) is 0.582. The van der Waals surface area contributed by atoms with E-state index in [0.29, 0.717) is 28.4 Å². The van der Waals surface area contributed by atoms with Crippen molar-refractivity contribution in [1.82, 2.24) is 9.78 Å². The third-order valence-electron chi connectivity index (χ3n) is 5.11. The molecular weight excluding hydrogens is 468 g/mol. The number of hydrogen-bond acceptors (Lipinski definition) is 6. The monoisotopic (exact) mass is 492 g/mol. The van der Waals surface area contributed by atoms with Gasteiger partial charge in [-0.1, -0.05) is 30.3 Å². The number of carbonyl (C=O) groups is 1. The molecule has 9 nitrogen and oxygen atoms in total. The standard InChI is InChI=1S/C25H24N4O5S/c1-33-22-14-13-17(15-23(22)34-2)24-19(16-29(27-24)18-9-5-4-6-10-18)25(30)26-20-11-7-8-12-21(20)28-35(3,31)32/h4-16,28H,1-3H3,(H,26,30). The first-order valence-electron chi connectivity index (χ1n) is 10.5. The van der Waals surface area contributed by atoms with Crippen LogP contribution in [0.3, 0.4) is 0 Å². The van der Waals surface area contributed by atoms with Crippen LogP contribution >= 0.6 is 0 Å². The van der Waals surface area contributed by atoms with Gasteiger partial charge in [-0.3, -0.25) is 9.52 Å². The number of amides is 1. The maximum Gasteiger partial charge on any atom is 0.259 e. The Morgan fingerprint density at radius 1 is 0.886 bits per heavy atom. The van der Waals surface area contributed by atoms with Crippen LogP contribution < -0.4 is 19.5 Å². The van der Waals surface area contributed by atoms with E-state index in [1.165, 1.54) is 7.11 Å². The lowest BCUT2D eigenvalue weighted by Crippen LogP contribution is -2.16. The van der Waals surface area contributed by atoms with Gasteiger partial charge < -0.3 is 14.8 Å². The van der Waals surface area contributed by atoms with E-state index in [1.54, 1.807) is 60.5 Å². The van der Waals surface area contributed by atoms with E-state index in [2.05, 4.69) is 15.1 Å². The second kappa shape index (κ2) is 9.90. The zero-order valence-electron chi connectivity index (χ0n) is 19.3. The summed E-state index contributed by atoms with van der Waals surface area (Å²) in [5, 5.41) is 7.47. The molecule has 1 amide bonds. The van der Waals surface area contributed by atoms with Gasteiger partial charge in [-0.2, -0.15) is 5.10 Å². The Labute approximate surface area is 203 Å². The molecule has 0 unspecified atom stereocenters. The van der Waals surface area contributed by atoms with Crippen LogP contribution in [0.5, 0.6) is 11.5 Å². The number of para-hydroxylation sites is 3. The number of methoxy groups -OCH3 is 2. The Balaban J connectivity index is 1.79. The van der Waals surface area contributed by atoms with Crippen molar-refractivity contribution in [2.75, 3.05) is 30.5 Å². The molecule has 1 heterocycles. The molecule has 0 bridgehead atoms. The van der Waals surface area contributed by atoms with E-state index in [-0.39, 0.29) is 11.3 Å². The number of benzene rings is 3. The third kappa shape index (κ3) is 5.44. The number of anilines is 2. The molecular formula is C25H24N4O5S. The first kappa shape index (κ1) is 23.8. The Hall–Kier alpha value is -4.31. The number of nitrogens with zero attached hydrogens (tertiary/aromatic N) is 2. The van der Waals surface area contributed by atoms with E-state index in [4.69, 9.17) is 9.47 Å². The second-order valence-electron chi connectivity index (χ2n) is 7.62. The number of sulfonamides is 1. The lowest BCUT2D eigenvalue weighted by atomic mass is 10.1. The lowest BCUT2D eigenvalue weighted by Gasteiger charge is -2.12. The predicted octanol–water partition coefficient (Wildman–Crippen LogP) is 4.18. The molecule has 3 aromatic carbocycles. The molecule has 1 aromatic heterocycles. The Bertz CT molecular complexity index is 1470. The largest absolute Gasteiger partial charge is 0.493 e. The Morgan fingerprint density at radius 3 is 2.20 bits per heavy atom. The summed E-state index contributed by atoms with van der Waals surface area (Å²) in [4.78, 5) is 13.5. The summed E-state index contributed by atoms with van der Waals surface area (Å²) >= 11 is 0. The van der Waals surface area contributed by atoms with E-state index >= 15 is 0 Å². The molecule has 0 radical (unpaired) electrons. The van der Waals surface area contributed by atoms with Gasteiger partial charge in [0.1, 0.15) is 5.69 Å². The summed E-state index contributed by atoms with van der Waals surface area (Å²) in [7, 11) is -0.466. The van der Waals surface area contributed by atoms with Gasteiger partial charge >= 0.3 is 0 Å². The van der Waals surface area contributed by atoms with Crippen molar-refractivity contribution in [3.63, 3.8) is 0 Å². The van der Waals surface area contributed by atoms with Crippen LogP contribution in [0, 0.1) is 0 Å². The summed E-state index contributed by atoms with van der Waals surface area (Å²) in [6.45, 7) is 0. The minimum Gasteiger partial charge on any atom is -0.493 e. The van der Waals surface area contributed by atoms with Crippen LogP contribution in [-0.4, -0.2) is 44.6 Å². The van der Waals surface area contributed by atoms with Crippen molar-refractivity contribution in [2.24, 2.45) is 0 Å². The molecule has 0 aliphatic carbocycles. The maximum absolute atomic E-state index is 13.5. The fraction of sp³-hybridized carbons (Fsp3) is 0.120. The number of hydrogen-bond donors (Lipinski definition) is 2. The molecule has 0 aliphatic rings. The summed E-state index contributed by atoms with van der Waals surface area (Å²) in [6.07, 6.45) is 2.67. The molecule has 0 saturated carbocycles. The zero-order chi connectivity index (χ0) is 25.0. The van der Waals surface area contributed by atoms with Gasteiger partial charge in [-0.05, 0) is 42.5 Å². The van der Waals surface area contributed by atoms with Crippen molar-refractivity contribution in [2.45, 2.75) is 0 Å². The van der Waals surface area contributed by atoms with Crippen LogP contribution in [0.15, 0.2) is 79.0 Å². The number of ether oxygens (including phenoxy) is 2. The molecule has 180 valence electrons. The molecule has 0 aliphatic heterocycles. The SMILES string of the molecule is COc1ccc(-c2nn(-c3ccccc3)cc2C(=O)Nc2ccccc2NS(C)(=O)=O)cc1OC. The quantitative estimate of drug-likeness (QED) is 0.382. The molecule has 4 rings (SSSR count). The molecule has 0 spiro atoms. The van der Waals surface area contributed by atoms with Crippen LogP contribution in [0.4, 0.5) is 11.4 Å². The van der Waals surface area contributed by atoms with E-state index in [1.807, 2.05) is 30.3 Å². The summed E-state index contributed by atoms with van der Waals surface area (Å²) in [5.41, 5.74) is 2.69. The average molecular weight is 493 g/mol. The average Bonchev–Trinajstić information content (AvgIpc) is 3.30. The van der Waals surface area contributed by atoms with Gasteiger partial charge in [-0.25, -0.2) is 13.1 Å². The van der Waals surface area contributed by atoms with Crippen LogP contribution in [0.25, 0.3) is 16.9 Å². The lowest BCUT2D eigenvalue weighted by molar-refractivity contribution is 0.102. The van der Waals surface area contributed by atoms with Crippen molar-refractivity contribution < 1.29 is 22.7 Å². The molecule has 0 fully saturated rings. The summed E-state index contributed by atoms with van der Waals surface area (Å²) < 4.78 is 38.3. The maximum atomic E-state index is 13.5. The predicted molar refractivity (Wildman–Crippen MR) is 135 cm³/mol. The highest BCUT2D eigenvalue weighted by Gasteiger charge is 2.21. The first-order chi connectivity index (χ1) is 16.8. The van der Waals surface area contributed by atoms with Gasteiger partial charge in [0, 0.05) is 11.8 Å². The Kier molecular flexibility index (Phi) is 6.74. The molecule has 4 aromatic rings. The van der Waals surface area contributed by atoms with Crippen LogP contribution in [0.2, 0.25) is 0 Å². The van der Waals surface area contributed by atoms with Gasteiger partial charge in [0.15, 0.2) is 11.5 Å². The van der Waals surface area contributed by atoms with E-state index < -0.39 is 15.9 Å². The molecule has 2 N–H and O–H groups in total. The van der Waals surface area contributed by atoms with Gasteiger partial charge in [0.25, 0.3) is 5.91 Å². The highest BCUT2D eigenvalue weighted by atomic mass is 32.2. The van der Waals surface area contributed by atoms with Gasteiger partial charge in [-0.15, -0.1) is 0 Å². The fourth-order valence-electron chi connectivity index (χ4n) is 3.52. The van der Waals surface area contributed by atoms with Crippen LogP contribution in [0.1, 0.15) is 10.4 Å². The molecule has 35 heavy (non-hydrogen) atoms. The van der Waals surface area contributed by atoms with Gasteiger partial charge in [0.2, 0.25) is 10.0 Å². The second-order valence-corrected chi connectivity index (χ2v) is 9.36.